The Kier molecular flexibility index (Phi) is 7.16. The molecule has 34 heavy (non-hydrogen) atoms. The minimum absolute atomic E-state index is 0.0948. The number of amides is 1. The molecule has 0 radical (unpaired) electrons. The molecule has 1 heterocycles. The molecule has 0 unspecified atom stereocenters. The number of nitrogens with one attached hydrogen (secondary N) is 1. The molecule has 2 aromatic carbocycles. The number of aromatic nitrogens is 1. The molecule has 0 bridgehead atoms. The summed E-state index contributed by atoms with van der Waals surface area (Å²) >= 11 is 0. The van der Waals surface area contributed by atoms with Crippen molar-refractivity contribution in [2.24, 2.45) is 0 Å². The summed E-state index contributed by atoms with van der Waals surface area (Å²) in [5.74, 6) is 0.122. The third kappa shape index (κ3) is 5.49. The van der Waals surface area contributed by atoms with E-state index in [0.29, 0.717) is 26.8 Å². The molecule has 10 nitrogen and oxygen atoms in total. The quantitative estimate of drug-likeness (QED) is 0.350. The largest absolute Gasteiger partial charge is 0.464 e. The zero-order chi connectivity index (χ0) is 25.0. The summed E-state index contributed by atoms with van der Waals surface area (Å²) in [6, 6.07) is 14.3. The molecule has 0 aliphatic heterocycles. The Hall–Kier alpha value is -3.99. The van der Waals surface area contributed by atoms with Crippen molar-refractivity contribution < 1.29 is 23.2 Å². The van der Waals surface area contributed by atoms with Gasteiger partial charge in [-0.1, -0.05) is 29.8 Å². The summed E-state index contributed by atoms with van der Waals surface area (Å²) in [6.45, 7) is 4.92. The predicted molar refractivity (Wildman–Crippen MR) is 127 cm³/mol. The molecular formula is C23H24N4O6S. The molecule has 1 aromatic heterocycles. The van der Waals surface area contributed by atoms with Crippen molar-refractivity contribution in [1.29, 1.82) is 0 Å². The number of nitro groups is 1. The van der Waals surface area contributed by atoms with Crippen molar-refractivity contribution in [3.63, 3.8) is 0 Å². The minimum atomic E-state index is -4.21. The molecule has 3 rings (SSSR count). The van der Waals surface area contributed by atoms with Crippen molar-refractivity contribution in [3.8, 4) is 0 Å². The molecule has 0 aliphatic rings. The highest BCUT2D eigenvalue weighted by atomic mass is 32.2. The third-order valence-electron chi connectivity index (χ3n) is 5.14. The zero-order valence-corrected chi connectivity index (χ0v) is 19.7. The van der Waals surface area contributed by atoms with Crippen LogP contribution in [0.2, 0.25) is 0 Å². The number of benzene rings is 2. The molecule has 2 N–H and O–H groups in total. The van der Waals surface area contributed by atoms with Gasteiger partial charge in [0.15, 0.2) is 0 Å². The first kappa shape index (κ1) is 24.6. The van der Waals surface area contributed by atoms with Crippen LogP contribution in [0.15, 0.2) is 59.5 Å². The Morgan fingerprint density at radius 1 is 1.09 bits per heavy atom. The molecule has 178 valence electrons. The summed E-state index contributed by atoms with van der Waals surface area (Å²) in [6.07, 6.45) is -1.41. The minimum Gasteiger partial charge on any atom is -0.464 e. The summed E-state index contributed by atoms with van der Waals surface area (Å²) in [4.78, 5) is 26.7. The maximum Gasteiger partial charge on any atom is 0.421 e. The highest BCUT2D eigenvalue weighted by Gasteiger charge is 2.28. The van der Waals surface area contributed by atoms with Crippen LogP contribution in [0.1, 0.15) is 22.4 Å². The highest BCUT2D eigenvalue weighted by molar-refractivity contribution is 7.89. The van der Waals surface area contributed by atoms with Gasteiger partial charge in [0.05, 0.1) is 9.82 Å². The molecule has 11 heteroatoms. The summed E-state index contributed by atoms with van der Waals surface area (Å²) < 4.78 is 26.0. The number of aryl methyl sites for hydroxylation is 3. The fraction of sp³-hybridized carbons (Fsp3) is 0.217. The Balaban J connectivity index is 1.75. The third-order valence-corrected chi connectivity index (χ3v) is 6.92. The van der Waals surface area contributed by atoms with Crippen LogP contribution in [0.5, 0.6) is 0 Å². The van der Waals surface area contributed by atoms with Crippen molar-refractivity contribution in [1.82, 2.24) is 9.29 Å². The van der Waals surface area contributed by atoms with E-state index in [0.717, 1.165) is 5.56 Å². The first-order valence-electron chi connectivity index (χ1n) is 10.3. The topological polar surface area (TPSA) is 143 Å². The van der Waals surface area contributed by atoms with Crippen LogP contribution >= 0.6 is 0 Å². The van der Waals surface area contributed by atoms with Crippen molar-refractivity contribution >= 4 is 33.3 Å². The number of sulfonamides is 1. The Labute approximate surface area is 197 Å². The number of carboxylic acid groups (broad SMARTS) is 1. The monoisotopic (exact) mass is 484 g/mol. The van der Waals surface area contributed by atoms with Crippen LogP contribution in [0.3, 0.4) is 0 Å². The van der Waals surface area contributed by atoms with E-state index in [1.807, 2.05) is 0 Å². The smallest absolute Gasteiger partial charge is 0.421 e. The summed E-state index contributed by atoms with van der Waals surface area (Å²) in [5.41, 5.74) is 3.10. The highest BCUT2D eigenvalue weighted by Crippen LogP contribution is 2.29. The van der Waals surface area contributed by atoms with Crippen LogP contribution in [0.4, 0.5) is 22.0 Å². The van der Waals surface area contributed by atoms with E-state index >= 15 is 0 Å². The average Bonchev–Trinajstić information content (AvgIpc) is 2.74. The molecule has 3 aromatic rings. The van der Waals surface area contributed by atoms with E-state index in [9.17, 15) is 28.4 Å². The maximum atomic E-state index is 12.8. The predicted octanol–water partition coefficient (Wildman–Crippen LogP) is 4.57. The van der Waals surface area contributed by atoms with Gasteiger partial charge in [0.25, 0.3) is 10.0 Å². The van der Waals surface area contributed by atoms with E-state index in [4.69, 9.17) is 0 Å². The lowest BCUT2D eigenvalue weighted by molar-refractivity contribution is -0.384. The zero-order valence-electron chi connectivity index (χ0n) is 18.8. The molecule has 0 spiro atoms. The first-order valence-corrected chi connectivity index (χ1v) is 11.7. The number of hydrogen-bond donors (Lipinski definition) is 2. The molecule has 1 amide bonds. The Morgan fingerprint density at radius 2 is 1.71 bits per heavy atom. The number of nitrogens with zero attached hydrogens (tertiary/aromatic N) is 3. The first-order chi connectivity index (χ1) is 16.0. The van der Waals surface area contributed by atoms with Crippen LogP contribution in [0.25, 0.3) is 0 Å². The van der Waals surface area contributed by atoms with Gasteiger partial charge in [-0.2, -0.15) is 0 Å². The molecule has 0 saturated heterocycles. The van der Waals surface area contributed by atoms with E-state index in [2.05, 4.69) is 10.3 Å². The molecule has 0 saturated carbocycles. The molecule has 0 atom stereocenters. The Morgan fingerprint density at radius 3 is 2.26 bits per heavy atom. The van der Waals surface area contributed by atoms with E-state index < -0.39 is 21.0 Å². The van der Waals surface area contributed by atoms with Gasteiger partial charge < -0.3 is 10.4 Å². The van der Waals surface area contributed by atoms with Crippen LogP contribution in [-0.2, 0) is 16.4 Å². The van der Waals surface area contributed by atoms with Crippen molar-refractivity contribution in [2.45, 2.75) is 32.1 Å². The molecular weight excluding hydrogens is 460 g/mol. The second-order valence-electron chi connectivity index (χ2n) is 7.78. The SMILES string of the molecule is Cc1ccc(S(=O)(=O)N(CCc2ccc(Nc3nc(C)cc(C)c3[N+](=O)[O-])cc2)C(=O)O)cc1. The lowest BCUT2D eigenvalue weighted by Crippen LogP contribution is -2.37. The molecule has 0 fully saturated rings. The Bertz CT molecular complexity index is 1320. The lowest BCUT2D eigenvalue weighted by atomic mass is 10.1. The van der Waals surface area contributed by atoms with E-state index in [1.165, 1.54) is 12.1 Å². The maximum absolute atomic E-state index is 12.8. The van der Waals surface area contributed by atoms with Gasteiger partial charge in [-0.25, -0.2) is 22.5 Å². The van der Waals surface area contributed by atoms with Gasteiger partial charge in [0.2, 0.25) is 5.82 Å². The van der Waals surface area contributed by atoms with Crippen molar-refractivity contribution in [2.75, 3.05) is 11.9 Å². The standard InChI is InChI=1S/C23H24N4O6S/c1-15-4-10-20(11-5-15)34(32,33)26(23(28)29)13-12-18-6-8-19(9-7-18)25-22-21(27(30)31)16(2)14-17(3)24-22/h4-11,14H,12-13H2,1-3H3,(H,24,25)(H,28,29). The van der Waals surface area contributed by atoms with Crippen LogP contribution < -0.4 is 5.32 Å². The second-order valence-corrected chi connectivity index (χ2v) is 9.64. The fourth-order valence-corrected chi connectivity index (χ4v) is 4.70. The van der Waals surface area contributed by atoms with Gasteiger partial charge >= 0.3 is 11.8 Å². The number of pyridine rings is 1. The number of anilines is 2. The van der Waals surface area contributed by atoms with E-state index in [1.54, 1.807) is 63.2 Å². The van der Waals surface area contributed by atoms with Crippen LogP contribution in [0, 0.1) is 30.9 Å². The number of rotatable bonds is 8. The molecule has 0 aliphatic carbocycles. The van der Waals surface area contributed by atoms with Gasteiger partial charge in [-0.15, -0.1) is 0 Å². The summed E-state index contributed by atoms with van der Waals surface area (Å²) in [5, 5.41) is 23.9. The normalized spacial score (nSPS) is 11.1. The number of carbonyl (C=O) groups is 1. The average molecular weight is 485 g/mol. The van der Waals surface area contributed by atoms with Gasteiger partial charge in [0.1, 0.15) is 0 Å². The van der Waals surface area contributed by atoms with Crippen molar-refractivity contribution in [3.05, 3.63) is 87.1 Å². The van der Waals surface area contributed by atoms with Gasteiger partial charge in [-0.05, 0) is 63.1 Å². The van der Waals surface area contributed by atoms with Gasteiger partial charge in [0, 0.05) is 23.5 Å². The second kappa shape index (κ2) is 9.87. The number of hydrogen-bond acceptors (Lipinski definition) is 7. The lowest BCUT2D eigenvalue weighted by Gasteiger charge is -2.19. The van der Waals surface area contributed by atoms with Crippen LogP contribution in [-0.4, -0.2) is 40.4 Å². The van der Waals surface area contributed by atoms with Gasteiger partial charge in [-0.3, -0.25) is 10.1 Å². The fourth-order valence-electron chi connectivity index (χ4n) is 3.43. The summed E-state index contributed by atoms with van der Waals surface area (Å²) in [7, 11) is -4.21. The van der Waals surface area contributed by atoms with E-state index in [-0.39, 0.29) is 29.4 Å².